The van der Waals surface area contributed by atoms with Crippen LogP contribution in [0.2, 0.25) is 0 Å². The molecule has 6 nitrogen and oxygen atoms in total. The van der Waals surface area contributed by atoms with E-state index in [2.05, 4.69) is 4.72 Å². The number of likely N-dealkylation sites (tertiary alicyclic amines) is 1. The number of piperidine rings is 1. The minimum absolute atomic E-state index is 0.00157. The van der Waals surface area contributed by atoms with Gasteiger partial charge in [0.15, 0.2) is 0 Å². The third-order valence-electron chi connectivity index (χ3n) is 4.11. The Bertz CT molecular complexity index is 719. The molecule has 0 radical (unpaired) electrons. The first-order valence-electron chi connectivity index (χ1n) is 7.32. The van der Waals surface area contributed by atoms with Crippen LogP contribution >= 0.6 is 0 Å². The average Bonchev–Trinajstić information content (AvgIpc) is 2.41. The molecule has 128 valence electrons. The van der Waals surface area contributed by atoms with Gasteiger partial charge in [-0.05, 0) is 30.0 Å². The number of anilines is 1. The van der Waals surface area contributed by atoms with Crippen molar-refractivity contribution in [3.63, 3.8) is 0 Å². The number of nitrogens with one attached hydrogen (secondary N) is 1. The molecule has 0 saturated carbocycles. The van der Waals surface area contributed by atoms with Crippen molar-refractivity contribution in [2.75, 3.05) is 24.1 Å². The van der Waals surface area contributed by atoms with Crippen LogP contribution in [0.3, 0.4) is 0 Å². The summed E-state index contributed by atoms with van der Waals surface area (Å²) < 4.78 is 38.7. The highest BCUT2D eigenvalue weighted by atomic mass is 32.2. The minimum atomic E-state index is -3.57. The molecule has 1 saturated heterocycles. The molecule has 1 unspecified atom stereocenters. The van der Waals surface area contributed by atoms with Crippen LogP contribution in [0.15, 0.2) is 18.2 Å². The summed E-state index contributed by atoms with van der Waals surface area (Å²) in [5.74, 6) is -1.00. The van der Waals surface area contributed by atoms with Crippen molar-refractivity contribution in [1.82, 2.24) is 4.90 Å². The monoisotopic (exact) mass is 343 g/mol. The van der Waals surface area contributed by atoms with Crippen LogP contribution in [0.1, 0.15) is 30.6 Å². The Morgan fingerprint density at radius 2 is 2.09 bits per heavy atom. The van der Waals surface area contributed by atoms with E-state index in [-0.39, 0.29) is 22.7 Å². The molecule has 1 aliphatic rings. The molecule has 0 aromatic heterocycles. The van der Waals surface area contributed by atoms with Crippen LogP contribution in [0, 0.1) is 11.2 Å². The van der Waals surface area contributed by atoms with Crippen LogP contribution in [-0.4, -0.2) is 44.6 Å². The first-order chi connectivity index (χ1) is 10.5. The topological polar surface area (TPSA) is 92.5 Å². The Balaban J connectivity index is 2.34. The fourth-order valence-electron chi connectivity index (χ4n) is 2.70. The molecular weight excluding hydrogens is 321 g/mol. The van der Waals surface area contributed by atoms with Gasteiger partial charge in [0, 0.05) is 19.1 Å². The molecule has 0 spiro atoms. The lowest BCUT2D eigenvalue weighted by Gasteiger charge is -2.42. The predicted molar refractivity (Wildman–Crippen MR) is 87.1 cm³/mol. The van der Waals surface area contributed by atoms with Gasteiger partial charge in [0.05, 0.1) is 17.5 Å². The summed E-state index contributed by atoms with van der Waals surface area (Å²) in [6.45, 7) is 4.83. The van der Waals surface area contributed by atoms with Gasteiger partial charge in [-0.2, -0.15) is 0 Å². The zero-order valence-corrected chi connectivity index (χ0v) is 14.3. The standard InChI is InChI=1S/C15H22FN3O3S/c1-15(2)9-19(7-6-13(15)17)14(20)11-8-10(16)4-5-12(11)18-23(3,21)22/h4-5,8,13,18H,6-7,9,17H2,1-3H3. The van der Waals surface area contributed by atoms with Crippen molar-refractivity contribution in [3.05, 3.63) is 29.6 Å². The van der Waals surface area contributed by atoms with Gasteiger partial charge in [-0.25, -0.2) is 12.8 Å². The largest absolute Gasteiger partial charge is 0.338 e. The molecule has 1 atom stereocenters. The fraction of sp³-hybridized carbons (Fsp3) is 0.533. The Labute approximate surface area is 135 Å². The van der Waals surface area contributed by atoms with Gasteiger partial charge in [0.2, 0.25) is 10.0 Å². The maximum Gasteiger partial charge on any atom is 0.256 e. The van der Waals surface area contributed by atoms with E-state index in [9.17, 15) is 17.6 Å². The summed E-state index contributed by atoms with van der Waals surface area (Å²) in [6.07, 6.45) is 1.62. The zero-order chi connectivity index (χ0) is 17.4. The molecule has 1 aromatic rings. The molecule has 1 fully saturated rings. The number of amides is 1. The second-order valence-electron chi connectivity index (χ2n) is 6.67. The maximum atomic E-state index is 13.6. The molecule has 1 aliphatic heterocycles. The number of sulfonamides is 1. The summed E-state index contributed by atoms with van der Waals surface area (Å²) in [5, 5.41) is 0. The van der Waals surface area contributed by atoms with Crippen molar-refractivity contribution >= 4 is 21.6 Å². The van der Waals surface area contributed by atoms with E-state index < -0.39 is 21.7 Å². The highest BCUT2D eigenvalue weighted by molar-refractivity contribution is 7.92. The van der Waals surface area contributed by atoms with E-state index in [4.69, 9.17) is 5.73 Å². The smallest absolute Gasteiger partial charge is 0.256 e. The fourth-order valence-corrected chi connectivity index (χ4v) is 3.28. The lowest BCUT2D eigenvalue weighted by Crippen LogP contribution is -2.54. The number of hydrogen-bond acceptors (Lipinski definition) is 4. The summed E-state index contributed by atoms with van der Waals surface area (Å²) in [7, 11) is -3.57. The summed E-state index contributed by atoms with van der Waals surface area (Å²) in [5.41, 5.74) is 5.88. The van der Waals surface area contributed by atoms with E-state index >= 15 is 0 Å². The highest BCUT2D eigenvalue weighted by Gasteiger charge is 2.36. The maximum absolute atomic E-state index is 13.6. The Morgan fingerprint density at radius 3 is 2.65 bits per heavy atom. The third-order valence-corrected chi connectivity index (χ3v) is 4.70. The first kappa shape index (κ1) is 17.7. The van der Waals surface area contributed by atoms with Crippen molar-refractivity contribution in [2.24, 2.45) is 11.1 Å². The summed E-state index contributed by atoms with van der Waals surface area (Å²) >= 11 is 0. The normalized spacial score (nSPS) is 21.1. The predicted octanol–water partition coefficient (Wildman–Crippen LogP) is 1.40. The highest BCUT2D eigenvalue weighted by Crippen LogP contribution is 2.30. The van der Waals surface area contributed by atoms with Crippen molar-refractivity contribution in [1.29, 1.82) is 0 Å². The molecule has 0 aliphatic carbocycles. The number of carbonyl (C=O) groups excluding carboxylic acids is 1. The second-order valence-corrected chi connectivity index (χ2v) is 8.42. The third kappa shape index (κ3) is 4.20. The number of nitrogens with two attached hydrogens (primary N) is 1. The van der Waals surface area contributed by atoms with Gasteiger partial charge in [0.25, 0.3) is 5.91 Å². The van der Waals surface area contributed by atoms with Crippen LogP contribution < -0.4 is 10.5 Å². The SMILES string of the molecule is CC1(C)CN(C(=O)c2cc(F)ccc2NS(C)(=O)=O)CCC1N. The van der Waals surface area contributed by atoms with Gasteiger partial charge in [-0.15, -0.1) is 0 Å². The van der Waals surface area contributed by atoms with E-state index in [1.165, 1.54) is 6.07 Å². The Kier molecular flexibility index (Phi) is 4.68. The zero-order valence-electron chi connectivity index (χ0n) is 13.5. The van der Waals surface area contributed by atoms with Crippen molar-refractivity contribution in [3.8, 4) is 0 Å². The van der Waals surface area contributed by atoms with E-state index in [1.807, 2.05) is 13.8 Å². The lowest BCUT2D eigenvalue weighted by atomic mass is 9.79. The number of nitrogens with zero attached hydrogens (tertiary/aromatic N) is 1. The molecule has 2 rings (SSSR count). The van der Waals surface area contributed by atoms with E-state index in [0.29, 0.717) is 19.5 Å². The minimum Gasteiger partial charge on any atom is -0.338 e. The summed E-state index contributed by atoms with van der Waals surface area (Å²) in [6, 6.07) is 3.40. The Hall–Kier alpha value is -1.67. The van der Waals surface area contributed by atoms with E-state index in [1.54, 1.807) is 4.90 Å². The van der Waals surface area contributed by atoms with Gasteiger partial charge in [0.1, 0.15) is 5.82 Å². The van der Waals surface area contributed by atoms with Gasteiger partial charge in [-0.1, -0.05) is 13.8 Å². The van der Waals surface area contributed by atoms with Crippen LogP contribution in [0.4, 0.5) is 10.1 Å². The Morgan fingerprint density at radius 1 is 1.43 bits per heavy atom. The first-order valence-corrected chi connectivity index (χ1v) is 9.21. The van der Waals surface area contributed by atoms with Gasteiger partial charge >= 0.3 is 0 Å². The molecule has 1 amide bonds. The molecule has 1 aromatic carbocycles. The van der Waals surface area contributed by atoms with Gasteiger partial charge < -0.3 is 10.6 Å². The number of rotatable bonds is 3. The molecule has 0 bridgehead atoms. The number of hydrogen-bond donors (Lipinski definition) is 2. The quantitative estimate of drug-likeness (QED) is 0.867. The summed E-state index contributed by atoms with van der Waals surface area (Å²) in [4.78, 5) is 14.3. The second kappa shape index (κ2) is 6.09. The molecule has 3 N–H and O–H groups in total. The number of halogens is 1. The number of carbonyl (C=O) groups is 1. The van der Waals surface area contributed by atoms with Crippen LogP contribution in [-0.2, 0) is 10.0 Å². The van der Waals surface area contributed by atoms with Crippen LogP contribution in [0.25, 0.3) is 0 Å². The van der Waals surface area contributed by atoms with Crippen molar-refractivity contribution < 1.29 is 17.6 Å². The van der Waals surface area contributed by atoms with Gasteiger partial charge in [-0.3, -0.25) is 9.52 Å². The van der Waals surface area contributed by atoms with E-state index in [0.717, 1.165) is 18.4 Å². The molecule has 23 heavy (non-hydrogen) atoms. The lowest BCUT2D eigenvalue weighted by molar-refractivity contribution is 0.0533. The van der Waals surface area contributed by atoms with Crippen LogP contribution in [0.5, 0.6) is 0 Å². The number of benzene rings is 1. The molecule has 8 heteroatoms. The average molecular weight is 343 g/mol. The van der Waals surface area contributed by atoms with Crippen molar-refractivity contribution in [2.45, 2.75) is 26.3 Å². The molecular formula is C15H22FN3O3S. The molecule has 1 heterocycles.